The largest absolute Gasteiger partial charge is 0.461 e. The Morgan fingerprint density at radius 2 is 2.12 bits per heavy atom. The molecule has 3 heteroatoms. The highest BCUT2D eigenvalue weighted by molar-refractivity contribution is 7.99. The predicted molar refractivity (Wildman–Crippen MR) is 72.0 cm³/mol. The first-order valence-electron chi connectivity index (χ1n) is 6.36. The van der Waals surface area contributed by atoms with E-state index in [-0.39, 0.29) is 23.4 Å². The van der Waals surface area contributed by atoms with Gasteiger partial charge in [-0.05, 0) is 37.4 Å². The second-order valence-corrected chi connectivity index (χ2v) is 7.14. The fourth-order valence-electron chi connectivity index (χ4n) is 2.64. The van der Waals surface area contributed by atoms with Crippen LogP contribution < -0.4 is 0 Å². The van der Waals surface area contributed by atoms with E-state index in [0.717, 1.165) is 17.9 Å². The summed E-state index contributed by atoms with van der Waals surface area (Å²) in [6, 6.07) is 0. The van der Waals surface area contributed by atoms with Crippen LogP contribution in [0.25, 0.3) is 0 Å². The third kappa shape index (κ3) is 2.70. The Labute approximate surface area is 108 Å². The van der Waals surface area contributed by atoms with E-state index in [9.17, 15) is 4.79 Å². The van der Waals surface area contributed by atoms with Crippen LogP contribution in [0.4, 0.5) is 0 Å². The molecule has 0 bridgehead atoms. The van der Waals surface area contributed by atoms with E-state index in [0.29, 0.717) is 5.92 Å². The quantitative estimate of drug-likeness (QED) is 0.571. The maximum atomic E-state index is 12.1. The summed E-state index contributed by atoms with van der Waals surface area (Å²) in [6.45, 7) is 8.49. The van der Waals surface area contributed by atoms with Crippen molar-refractivity contribution in [3.8, 4) is 0 Å². The molecule has 1 aliphatic heterocycles. The molecule has 0 aromatic heterocycles. The zero-order chi connectivity index (χ0) is 12.6. The van der Waals surface area contributed by atoms with Gasteiger partial charge in [-0.15, -0.1) is 0 Å². The van der Waals surface area contributed by atoms with Gasteiger partial charge >= 0.3 is 5.97 Å². The summed E-state index contributed by atoms with van der Waals surface area (Å²) >= 11 is 1.88. The van der Waals surface area contributed by atoms with Crippen LogP contribution in [0.5, 0.6) is 0 Å². The SMILES string of the molecule is CC(C)=C[C@@H]1[C@@H](C(=O)O[C@@H]2CCSC2)C1(C)C. The van der Waals surface area contributed by atoms with E-state index in [2.05, 4.69) is 33.8 Å². The Bertz CT molecular complexity index is 336. The van der Waals surface area contributed by atoms with Crippen molar-refractivity contribution in [1.29, 1.82) is 0 Å². The van der Waals surface area contributed by atoms with Crippen molar-refractivity contribution in [3.05, 3.63) is 11.6 Å². The molecule has 2 nitrogen and oxygen atoms in total. The summed E-state index contributed by atoms with van der Waals surface area (Å²) in [4.78, 5) is 12.1. The zero-order valence-electron chi connectivity index (χ0n) is 11.2. The first-order valence-corrected chi connectivity index (χ1v) is 7.51. The number of ether oxygens (including phenoxy) is 1. The molecule has 17 heavy (non-hydrogen) atoms. The van der Waals surface area contributed by atoms with Crippen molar-refractivity contribution in [2.45, 2.75) is 40.2 Å². The Morgan fingerprint density at radius 1 is 1.41 bits per heavy atom. The molecule has 0 radical (unpaired) electrons. The van der Waals surface area contributed by atoms with Crippen LogP contribution in [0.1, 0.15) is 34.1 Å². The van der Waals surface area contributed by atoms with Gasteiger partial charge in [0.05, 0.1) is 5.92 Å². The molecule has 1 aliphatic carbocycles. The number of thioether (sulfide) groups is 1. The average Bonchev–Trinajstić information content (AvgIpc) is 2.64. The molecule has 2 aliphatic rings. The van der Waals surface area contributed by atoms with Gasteiger partial charge in [0.1, 0.15) is 6.10 Å². The topological polar surface area (TPSA) is 26.3 Å². The second-order valence-electron chi connectivity index (χ2n) is 5.99. The Kier molecular flexibility index (Phi) is 3.58. The number of esters is 1. The van der Waals surface area contributed by atoms with Crippen LogP contribution >= 0.6 is 11.8 Å². The maximum Gasteiger partial charge on any atom is 0.310 e. The van der Waals surface area contributed by atoms with Crippen molar-refractivity contribution in [2.75, 3.05) is 11.5 Å². The summed E-state index contributed by atoms with van der Waals surface area (Å²) in [5.74, 6) is 2.57. The first-order chi connectivity index (χ1) is 7.93. The van der Waals surface area contributed by atoms with E-state index in [1.54, 1.807) is 0 Å². The minimum absolute atomic E-state index is 0.0185. The van der Waals surface area contributed by atoms with E-state index in [1.807, 2.05) is 11.8 Å². The zero-order valence-corrected chi connectivity index (χ0v) is 12.0. The van der Waals surface area contributed by atoms with Crippen LogP contribution in [0.15, 0.2) is 11.6 Å². The maximum absolute atomic E-state index is 12.1. The molecule has 96 valence electrons. The van der Waals surface area contributed by atoms with Crippen LogP contribution in [0.3, 0.4) is 0 Å². The van der Waals surface area contributed by atoms with Gasteiger partial charge < -0.3 is 4.74 Å². The summed E-state index contributed by atoms with van der Waals surface area (Å²) in [5, 5.41) is 0. The lowest BCUT2D eigenvalue weighted by molar-refractivity contribution is -0.150. The Balaban J connectivity index is 1.94. The molecule has 0 N–H and O–H groups in total. The molecule has 1 saturated heterocycles. The van der Waals surface area contributed by atoms with Crippen molar-refractivity contribution in [1.82, 2.24) is 0 Å². The molecule has 0 aromatic rings. The monoisotopic (exact) mass is 254 g/mol. The number of carbonyl (C=O) groups is 1. The molecule has 3 atom stereocenters. The predicted octanol–water partition coefficient (Wildman–Crippen LogP) is 3.27. The fourth-order valence-corrected chi connectivity index (χ4v) is 3.74. The first kappa shape index (κ1) is 13.0. The van der Waals surface area contributed by atoms with E-state index in [4.69, 9.17) is 4.74 Å². The highest BCUT2D eigenvalue weighted by atomic mass is 32.2. The van der Waals surface area contributed by atoms with Gasteiger partial charge in [0, 0.05) is 5.75 Å². The lowest BCUT2D eigenvalue weighted by atomic mass is 10.1. The van der Waals surface area contributed by atoms with E-state index >= 15 is 0 Å². The summed E-state index contributed by atoms with van der Waals surface area (Å²) in [6.07, 6.45) is 3.41. The van der Waals surface area contributed by atoms with E-state index in [1.165, 1.54) is 5.57 Å². The van der Waals surface area contributed by atoms with Gasteiger partial charge in [-0.3, -0.25) is 4.79 Å². The van der Waals surface area contributed by atoms with Crippen LogP contribution in [-0.4, -0.2) is 23.6 Å². The second kappa shape index (κ2) is 4.68. The smallest absolute Gasteiger partial charge is 0.310 e. The van der Waals surface area contributed by atoms with E-state index < -0.39 is 0 Å². The standard InChI is InChI=1S/C14H22O2S/c1-9(2)7-11-12(14(11,3)4)13(15)16-10-5-6-17-8-10/h7,10-12H,5-6,8H2,1-4H3/t10-,11-,12+/m1/s1. The minimum atomic E-state index is 0.0185. The summed E-state index contributed by atoms with van der Waals surface area (Å²) in [7, 11) is 0. The highest BCUT2D eigenvalue weighted by Crippen LogP contribution is 2.60. The van der Waals surface area contributed by atoms with Gasteiger partial charge in [0.2, 0.25) is 0 Å². The molecule has 2 rings (SSSR count). The average molecular weight is 254 g/mol. The molecule has 0 spiro atoms. The number of allylic oxidation sites excluding steroid dienone is 2. The minimum Gasteiger partial charge on any atom is -0.461 e. The molecular formula is C14H22O2S. The van der Waals surface area contributed by atoms with Crippen LogP contribution in [0, 0.1) is 17.3 Å². The molecule has 1 saturated carbocycles. The molecule has 0 aromatic carbocycles. The molecular weight excluding hydrogens is 232 g/mol. The number of hydrogen-bond acceptors (Lipinski definition) is 3. The van der Waals surface area contributed by atoms with Gasteiger partial charge in [0.25, 0.3) is 0 Å². The van der Waals surface area contributed by atoms with Crippen molar-refractivity contribution in [2.24, 2.45) is 17.3 Å². The Morgan fingerprint density at radius 3 is 2.65 bits per heavy atom. The van der Waals surface area contributed by atoms with Gasteiger partial charge in [-0.25, -0.2) is 0 Å². The van der Waals surface area contributed by atoms with Crippen molar-refractivity contribution >= 4 is 17.7 Å². The highest BCUT2D eigenvalue weighted by Gasteiger charge is 2.61. The third-order valence-corrected chi connectivity index (χ3v) is 4.98. The van der Waals surface area contributed by atoms with Gasteiger partial charge in [0.15, 0.2) is 0 Å². The van der Waals surface area contributed by atoms with Crippen LogP contribution in [0.2, 0.25) is 0 Å². The van der Waals surface area contributed by atoms with Gasteiger partial charge in [-0.2, -0.15) is 11.8 Å². The molecule has 2 fully saturated rings. The normalized spacial score (nSPS) is 34.2. The van der Waals surface area contributed by atoms with Gasteiger partial charge in [-0.1, -0.05) is 25.5 Å². The number of hydrogen-bond donors (Lipinski definition) is 0. The fraction of sp³-hybridized carbons (Fsp3) is 0.786. The number of rotatable bonds is 3. The Hall–Kier alpha value is -0.440. The third-order valence-electron chi connectivity index (χ3n) is 3.85. The van der Waals surface area contributed by atoms with Crippen LogP contribution in [-0.2, 0) is 9.53 Å². The lowest BCUT2D eigenvalue weighted by Gasteiger charge is -2.11. The lowest BCUT2D eigenvalue weighted by Crippen LogP contribution is -2.20. The number of carbonyl (C=O) groups excluding carboxylic acids is 1. The molecule has 0 unspecified atom stereocenters. The molecule has 1 heterocycles. The van der Waals surface area contributed by atoms with Crippen molar-refractivity contribution in [3.63, 3.8) is 0 Å². The molecule has 0 amide bonds. The summed E-state index contributed by atoms with van der Waals surface area (Å²) in [5.41, 5.74) is 1.37. The summed E-state index contributed by atoms with van der Waals surface area (Å²) < 4.78 is 5.59. The van der Waals surface area contributed by atoms with Crippen molar-refractivity contribution < 1.29 is 9.53 Å².